The largest absolute Gasteiger partial charge is 0.242 e. The number of benzene rings is 2. The summed E-state index contributed by atoms with van der Waals surface area (Å²) in [6.45, 7) is 4.16. The van der Waals surface area contributed by atoms with Crippen LogP contribution in [0.2, 0.25) is 0 Å². The molecule has 17 heavy (non-hydrogen) atoms. The van der Waals surface area contributed by atoms with Gasteiger partial charge in [-0.25, -0.2) is 4.98 Å². The molecule has 0 aliphatic rings. The minimum absolute atomic E-state index is 1.08. The number of hydrogen-bond acceptors (Lipinski definition) is 2. The van der Waals surface area contributed by atoms with Crippen molar-refractivity contribution in [3.63, 3.8) is 0 Å². The Morgan fingerprint density at radius 1 is 0.941 bits per heavy atom. The molecule has 84 valence electrons. The number of thiazole rings is 1. The Morgan fingerprint density at radius 3 is 2.47 bits per heavy atom. The molecule has 2 heteroatoms. The van der Waals surface area contributed by atoms with Crippen LogP contribution in [0.15, 0.2) is 41.8 Å². The van der Waals surface area contributed by atoms with Crippen LogP contribution in [0.1, 0.15) is 10.6 Å². The zero-order valence-electron chi connectivity index (χ0n) is 9.90. The molecule has 3 rings (SSSR count). The van der Waals surface area contributed by atoms with Gasteiger partial charge in [-0.2, -0.15) is 0 Å². The normalized spacial score (nSPS) is 10.9. The summed E-state index contributed by atoms with van der Waals surface area (Å²) in [6.07, 6.45) is 0. The van der Waals surface area contributed by atoms with Gasteiger partial charge < -0.3 is 0 Å². The van der Waals surface area contributed by atoms with Gasteiger partial charge in [-0.3, -0.25) is 0 Å². The lowest BCUT2D eigenvalue weighted by molar-refractivity contribution is 1.30. The fourth-order valence-electron chi connectivity index (χ4n) is 2.02. The highest BCUT2D eigenvalue weighted by Crippen LogP contribution is 2.26. The second-order valence-electron chi connectivity index (χ2n) is 4.32. The van der Waals surface area contributed by atoms with Crippen molar-refractivity contribution < 1.29 is 0 Å². The lowest BCUT2D eigenvalue weighted by Crippen LogP contribution is -1.80. The van der Waals surface area contributed by atoms with Gasteiger partial charge in [-0.15, -0.1) is 11.3 Å². The van der Waals surface area contributed by atoms with Crippen molar-refractivity contribution in [2.75, 3.05) is 0 Å². The van der Waals surface area contributed by atoms with Crippen LogP contribution in [0, 0.1) is 13.8 Å². The topological polar surface area (TPSA) is 12.9 Å². The molecular formula is C15H13NS. The van der Waals surface area contributed by atoms with E-state index in [0.717, 1.165) is 10.7 Å². The van der Waals surface area contributed by atoms with Crippen LogP contribution in [0.5, 0.6) is 0 Å². The summed E-state index contributed by atoms with van der Waals surface area (Å²) < 4.78 is 0. The standard InChI is InChI=1S/C15H13NS/c1-10-3-4-13-8-14(6-5-12(13)7-10)15-9-17-11(2)16-15/h3-9H,1-2H3. The molecule has 0 saturated heterocycles. The number of hydrogen-bond donors (Lipinski definition) is 0. The molecule has 0 fully saturated rings. The highest BCUT2D eigenvalue weighted by atomic mass is 32.1. The molecule has 3 aromatic rings. The summed E-state index contributed by atoms with van der Waals surface area (Å²) in [5.41, 5.74) is 3.58. The average molecular weight is 239 g/mol. The van der Waals surface area contributed by atoms with Gasteiger partial charge in [0.25, 0.3) is 0 Å². The molecule has 0 spiro atoms. The van der Waals surface area contributed by atoms with E-state index in [0.29, 0.717) is 0 Å². The molecule has 0 unspecified atom stereocenters. The smallest absolute Gasteiger partial charge is 0.0901 e. The predicted molar refractivity (Wildman–Crippen MR) is 74.5 cm³/mol. The summed E-state index contributed by atoms with van der Waals surface area (Å²) >= 11 is 1.70. The Labute approximate surface area is 105 Å². The fourth-order valence-corrected chi connectivity index (χ4v) is 2.64. The molecule has 0 radical (unpaired) electrons. The summed E-state index contributed by atoms with van der Waals surface area (Å²) in [7, 11) is 0. The van der Waals surface area contributed by atoms with Crippen molar-refractivity contribution in [2.24, 2.45) is 0 Å². The molecule has 0 N–H and O–H groups in total. The van der Waals surface area contributed by atoms with Crippen molar-refractivity contribution in [2.45, 2.75) is 13.8 Å². The van der Waals surface area contributed by atoms with Crippen molar-refractivity contribution in [1.82, 2.24) is 4.98 Å². The zero-order valence-corrected chi connectivity index (χ0v) is 10.7. The van der Waals surface area contributed by atoms with Crippen molar-refractivity contribution >= 4 is 22.1 Å². The highest BCUT2D eigenvalue weighted by molar-refractivity contribution is 7.09. The maximum Gasteiger partial charge on any atom is 0.0901 e. The van der Waals surface area contributed by atoms with Gasteiger partial charge in [0, 0.05) is 10.9 Å². The number of nitrogens with zero attached hydrogens (tertiary/aromatic N) is 1. The number of rotatable bonds is 1. The summed E-state index contributed by atoms with van der Waals surface area (Å²) in [4.78, 5) is 4.52. The van der Waals surface area contributed by atoms with Gasteiger partial charge in [-0.05, 0) is 30.7 Å². The summed E-state index contributed by atoms with van der Waals surface area (Å²) in [5, 5.41) is 5.80. The van der Waals surface area contributed by atoms with Crippen LogP contribution in [-0.4, -0.2) is 4.98 Å². The second kappa shape index (κ2) is 3.97. The average Bonchev–Trinajstić information content (AvgIpc) is 2.75. The molecule has 0 aliphatic carbocycles. The van der Waals surface area contributed by atoms with Crippen molar-refractivity contribution in [3.8, 4) is 11.3 Å². The van der Waals surface area contributed by atoms with Gasteiger partial charge in [0.15, 0.2) is 0 Å². The maximum atomic E-state index is 4.52. The van der Waals surface area contributed by atoms with E-state index in [4.69, 9.17) is 0 Å². The second-order valence-corrected chi connectivity index (χ2v) is 5.38. The molecule has 1 heterocycles. The lowest BCUT2D eigenvalue weighted by Gasteiger charge is -2.02. The molecule has 0 amide bonds. The maximum absolute atomic E-state index is 4.52. The van der Waals surface area contributed by atoms with Crippen molar-refractivity contribution in [1.29, 1.82) is 0 Å². The monoisotopic (exact) mass is 239 g/mol. The van der Waals surface area contributed by atoms with E-state index in [9.17, 15) is 0 Å². The van der Waals surface area contributed by atoms with Crippen molar-refractivity contribution in [3.05, 3.63) is 52.3 Å². The number of aryl methyl sites for hydroxylation is 2. The van der Waals surface area contributed by atoms with Crippen LogP contribution < -0.4 is 0 Å². The molecule has 0 atom stereocenters. The van der Waals surface area contributed by atoms with E-state index in [1.807, 2.05) is 6.92 Å². The zero-order chi connectivity index (χ0) is 11.8. The Bertz CT molecular complexity index is 682. The van der Waals surface area contributed by atoms with E-state index in [2.05, 4.69) is 53.7 Å². The van der Waals surface area contributed by atoms with E-state index in [-0.39, 0.29) is 0 Å². The van der Waals surface area contributed by atoms with Crippen LogP contribution >= 0.6 is 11.3 Å². The summed E-state index contributed by atoms with van der Waals surface area (Å²) in [5.74, 6) is 0. The molecule has 0 saturated carbocycles. The minimum Gasteiger partial charge on any atom is -0.242 e. The lowest BCUT2D eigenvalue weighted by atomic mass is 10.0. The number of aromatic nitrogens is 1. The van der Waals surface area contributed by atoms with Crippen LogP contribution in [0.3, 0.4) is 0 Å². The van der Waals surface area contributed by atoms with Gasteiger partial charge in [-0.1, -0.05) is 35.9 Å². The van der Waals surface area contributed by atoms with Crippen LogP contribution in [0.4, 0.5) is 0 Å². The molecule has 1 nitrogen and oxygen atoms in total. The number of fused-ring (bicyclic) bond motifs is 1. The summed E-state index contributed by atoms with van der Waals surface area (Å²) in [6, 6.07) is 13.1. The van der Waals surface area contributed by atoms with E-state index in [1.54, 1.807) is 11.3 Å². The Morgan fingerprint density at radius 2 is 1.71 bits per heavy atom. The molecule has 0 aliphatic heterocycles. The SMILES string of the molecule is Cc1ccc2cc(-c3csc(C)n3)ccc2c1. The van der Waals surface area contributed by atoms with E-state index < -0.39 is 0 Å². The third kappa shape index (κ3) is 1.96. The van der Waals surface area contributed by atoms with Gasteiger partial charge in [0.05, 0.1) is 10.7 Å². The fraction of sp³-hybridized carbons (Fsp3) is 0.133. The van der Waals surface area contributed by atoms with E-state index in [1.165, 1.54) is 21.9 Å². The Kier molecular flexibility index (Phi) is 2.45. The predicted octanol–water partition coefficient (Wildman–Crippen LogP) is 4.58. The molecular weight excluding hydrogens is 226 g/mol. The molecule has 2 aromatic carbocycles. The van der Waals surface area contributed by atoms with Crippen LogP contribution in [-0.2, 0) is 0 Å². The Hall–Kier alpha value is -1.67. The van der Waals surface area contributed by atoms with Gasteiger partial charge in [0.1, 0.15) is 0 Å². The van der Waals surface area contributed by atoms with Gasteiger partial charge >= 0.3 is 0 Å². The third-order valence-electron chi connectivity index (χ3n) is 2.91. The Balaban J connectivity index is 2.16. The van der Waals surface area contributed by atoms with E-state index >= 15 is 0 Å². The quantitative estimate of drug-likeness (QED) is 0.605. The third-order valence-corrected chi connectivity index (χ3v) is 3.68. The van der Waals surface area contributed by atoms with Crippen LogP contribution in [0.25, 0.3) is 22.0 Å². The van der Waals surface area contributed by atoms with Gasteiger partial charge in [0.2, 0.25) is 0 Å². The minimum atomic E-state index is 1.08. The highest BCUT2D eigenvalue weighted by Gasteiger charge is 2.03. The first-order chi connectivity index (χ1) is 8.22. The molecule has 0 bridgehead atoms. The first-order valence-corrected chi connectivity index (χ1v) is 6.53. The first-order valence-electron chi connectivity index (χ1n) is 5.65. The first kappa shape index (κ1) is 10.5. The molecule has 1 aromatic heterocycles.